The summed E-state index contributed by atoms with van der Waals surface area (Å²) in [6, 6.07) is 0.356. The monoisotopic (exact) mass is 237 g/mol. The molecule has 1 aliphatic carbocycles. The molecule has 0 saturated heterocycles. The standard InChI is InChI=1S/C13H23N3O/c1-9(2)12-11(8-14)13(17)16(15-12)10-6-4-3-5-7-10/h9-10,15H,3-8,14H2,1-2H3. The van der Waals surface area contributed by atoms with Crippen LogP contribution in [0.4, 0.5) is 0 Å². The highest BCUT2D eigenvalue weighted by Crippen LogP contribution is 2.27. The second-order valence-electron chi connectivity index (χ2n) is 5.33. The number of nitrogens with zero attached hydrogens (tertiary/aromatic N) is 1. The summed E-state index contributed by atoms with van der Waals surface area (Å²) < 4.78 is 1.83. The Morgan fingerprint density at radius 1 is 1.35 bits per heavy atom. The van der Waals surface area contributed by atoms with Gasteiger partial charge in [0.15, 0.2) is 0 Å². The Hall–Kier alpha value is -1.03. The summed E-state index contributed by atoms with van der Waals surface area (Å²) in [5, 5.41) is 3.29. The third-order valence-corrected chi connectivity index (χ3v) is 3.76. The van der Waals surface area contributed by atoms with E-state index in [2.05, 4.69) is 18.9 Å². The Balaban J connectivity index is 2.37. The number of hydrogen-bond acceptors (Lipinski definition) is 2. The SMILES string of the molecule is CC(C)c1[nH]n(C2CCCCC2)c(=O)c1CN. The summed E-state index contributed by atoms with van der Waals surface area (Å²) in [5.41, 5.74) is 7.58. The topological polar surface area (TPSA) is 63.8 Å². The Morgan fingerprint density at radius 3 is 2.47 bits per heavy atom. The van der Waals surface area contributed by atoms with E-state index in [-0.39, 0.29) is 5.56 Å². The van der Waals surface area contributed by atoms with Crippen LogP contribution < -0.4 is 11.3 Å². The lowest BCUT2D eigenvalue weighted by atomic mass is 9.96. The van der Waals surface area contributed by atoms with Crippen LogP contribution >= 0.6 is 0 Å². The van der Waals surface area contributed by atoms with Crippen molar-refractivity contribution < 1.29 is 0 Å². The van der Waals surface area contributed by atoms with E-state index in [0.29, 0.717) is 18.5 Å². The minimum atomic E-state index is 0.100. The van der Waals surface area contributed by atoms with Crippen molar-refractivity contribution in [2.75, 3.05) is 0 Å². The fraction of sp³-hybridized carbons (Fsp3) is 0.769. The average Bonchev–Trinajstić information content (AvgIpc) is 2.67. The molecule has 4 nitrogen and oxygen atoms in total. The van der Waals surface area contributed by atoms with Crippen molar-refractivity contribution in [3.8, 4) is 0 Å². The Kier molecular flexibility index (Phi) is 3.72. The van der Waals surface area contributed by atoms with Crippen molar-refractivity contribution in [2.24, 2.45) is 5.73 Å². The molecule has 1 saturated carbocycles. The summed E-state index contributed by atoms with van der Waals surface area (Å²) >= 11 is 0. The van der Waals surface area contributed by atoms with Gasteiger partial charge in [0.2, 0.25) is 0 Å². The molecule has 96 valence electrons. The predicted octanol–water partition coefficient (Wildman–Crippen LogP) is 2.26. The van der Waals surface area contributed by atoms with E-state index in [9.17, 15) is 4.79 Å². The third-order valence-electron chi connectivity index (χ3n) is 3.76. The fourth-order valence-electron chi connectivity index (χ4n) is 2.78. The van der Waals surface area contributed by atoms with Crippen LogP contribution in [-0.2, 0) is 6.54 Å². The van der Waals surface area contributed by atoms with Crippen molar-refractivity contribution in [1.82, 2.24) is 9.78 Å². The molecule has 0 amide bonds. The number of aromatic nitrogens is 2. The smallest absolute Gasteiger partial charge is 0.271 e. The first-order valence-corrected chi connectivity index (χ1v) is 6.68. The molecule has 0 spiro atoms. The zero-order valence-corrected chi connectivity index (χ0v) is 10.8. The molecule has 3 N–H and O–H groups in total. The van der Waals surface area contributed by atoms with Crippen LogP contribution in [0.1, 0.15) is 69.2 Å². The van der Waals surface area contributed by atoms with Gasteiger partial charge in [0.1, 0.15) is 0 Å². The predicted molar refractivity (Wildman–Crippen MR) is 69.2 cm³/mol. The number of H-pyrrole nitrogens is 1. The number of hydrogen-bond donors (Lipinski definition) is 2. The molecule has 0 aromatic carbocycles. The molecular formula is C13H23N3O. The largest absolute Gasteiger partial charge is 0.326 e. The van der Waals surface area contributed by atoms with Gasteiger partial charge in [-0.3, -0.25) is 9.89 Å². The summed E-state index contributed by atoms with van der Waals surface area (Å²) in [6.45, 7) is 4.52. The lowest BCUT2D eigenvalue weighted by Gasteiger charge is -2.22. The molecular weight excluding hydrogens is 214 g/mol. The first kappa shape index (κ1) is 12.4. The van der Waals surface area contributed by atoms with Gasteiger partial charge >= 0.3 is 0 Å². The normalized spacial score (nSPS) is 17.9. The van der Waals surface area contributed by atoms with Crippen molar-refractivity contribution in [3.05, 3.63) is 21.6 Å². The lowest BCUT2D eigenvalue weighted by Crippen LogP contribution is -2.26. The molecule has 0 aliphatic heterocycles. The summed E-state index contributed by atoms with van der Waals surface area (Å²) in [5.74, 6) is 0.325. The lowest BCUT2D eigenvalue weighted by molar-refractivity contribution is 0.321. The van der Waals surface area contributed by atoms with Gasteiger partial charge in [-0.1, -0.05) is 33.1 Å². The van der Waals surface area contributed by atoms with Gasteiger partial charge in [-0.25, -0.2) is 4.68 Å². The summed E-state index contributed by atoms with van der Waals surface area (Å²) in [6.07, 6.45) is 5.98. The van der Waals surface area contributed by atoms with Crippen molar-refractivity contribution in [3.63, 3.8) is 0 Å². The minimum Gasteiger partial charge on any atom is -0.326 e. The Bertz CT molecular complexity index is 424. The first-order valence-electron chi connectivity index (χ1n) is 6.68. The quantitative estimate of drug-likeness (QED) is 0.847. The molecule has 1 aliphatic rings. The number of rotatable bonds is 3. The number of aromatic amines is 1. The van der Waals surface area contributed by atoms with Crippen LogP contribution in [0.2, 0.25) is 0 Å². The van der Waals surface area contributed by atoms with Crippen LogP contribution in [0, 0.1) is 0 Å². The van der Waals surface area contributed by atoms with Crippen LogP contribution in [0.5, 0.6) is 0 Å². The van der Waals surface area contributed by atoms with Crippen LogP contribution in [0.15, 0.2) is 4.79 Å². The summed E-state index contributed by atoms with van der Waals surface area (Å²) in [4.78, 5) is 12.3. The maximum absolute atomic E-state index is 12.3. The van der Waals surface area contributed by atoms with Gasteiger partial charge in [-0.15, -0.1) is 0 Å². The van der Waals surface area contributed by atoms with Gasteiger partial charge in [-0.05, 0) is 18.8 Å². The Morgan fingerprint density at radius 2 is 2.00 bits per heavy atom. The highest BCUT2D eigenvalue weighted by atomic mass is 16.1. The highest BCUT2D eigenvalue weighted by Gasteiger charge is 2.22. The van der Waals surface area contributed by atoms with Gasteiger partial charge in [-0.2, -0.15) is 0 Å². The molecule has 1 aromatic rings. The van der Waals surface area contributed by atoms with E-state index in [1.54, 1.807) is 0 Å². The minimum absolute atomic E-state index is 0.100. The maximum Gasteiger partial charge on any atom is 0.271 e. The van der Waals surface area contributed by atoms with Gasteiger partial charge in [0.25, 0.3) is 5.56 Å². The molecule has 1 fully saturated rings. The molecule has 4 heteroatoms. The van der Waals surface area contributed by atoms with Crippen molar-refractivity contribution >= 4 is 0 Å². The fourth-order valence-corrected chi connectivity index (χ4v) is 2.78. The molecule has 0 bridgehead atoms. The van der Waals surface area contributed by atoms with E-state index >= 15 is 0 Å². The summed E-state index contributed by atoms with van der Waals surface area (Å²) in [7, 11) is 0. The maximum atomic E-state index is 12.3. The molecule has 2 rings (SSSR count). The van der Waals surface area contributed by atoms with E-state index in [1.807, 2.05) is 4.68 Å². The number of nitrogens with two attached hydrogens (primary N) is 1. The Labute approximate surface area is 102 Å². The molecule has 0 radical (unpaired) electrons. The molecule has 17 heavy (non-hydrogen) atoms. The van der Waals surface area contributed by atoms with Crippen LogP contribution in [0.3, 0.4) is 0 Å². The van der Waals surface area contributed by atoms with Gasteiger partial charge in [0.05, 0.1) is 11.6 Å². The second-order valence-corrected chi connectivity index (χ2v) is 5.33. The van der Waals surface area contributed by atoms with Crippen molar-refractivity contribution in [2.45, 2.75) is 64.5 Å². The van der Waals surface area contributed by atoms with E-state index in [1.165, 1.54) is 19.3 Å². The number of nitrogens with one attached hydrogen (secondary N) is 1. The van der Waals surface area contributed by atoms with Gasteiger partial charge < -0.3 is 5.73 Å². The molecule has 0 atom stereocenters. The third kappa shape index (κ3) is 2.32. The van der Waals surface area contributed by atoms with E-state index in [4.69, 9.17) is 5.73 Å². The van der Waals surface area contributed by atoms with Crippen LogP contribution in [-0.4, -0.2) is 9.78 Å². The molecule has 1 heterocycles. The van der Waals surface area contributed by atoms with E-state index in [0.717, 1.165) is 24.1 Å². The van der Waals surface area contributed by atoms with E-state index < -0.39 is 0 Å². The van der Waals surface area contributed by atoms with Crippen LogP contribution in [0.25, 0.3) is 0 Å². The average molecular weight is 237 g/mol. The molecule has 0 unspecified atom stereocenters. The van der Waals surface area contributed by atoms with Gasteiger partial charge in [0, 0.05) is 12.2 Å². The molecule has 1 aromatic heterocycles. The first-order chi connectivity index (χ1) is 8.15. The zero-order chi connectivity index (χ0) is 12.4. The zero-order valence-electron chi connectivity index (χ0n) is 10.8. The second kappa shape index (κ2) is 5.08. The van der Waals surface area contributed by atoms with Crippen molar-refractivity contribution in [1.29, 1.82) is 0 Å². The highest BCUT2D eigenvalue weighted by molar-refractivity contribution is 5.20.